The maximum Gasteiger partial charge on any atom is 0.137 e. The molecule has 0 aliphatic rings. The molecule has 0 heterocycles. The molecule has 2 nitrogen and oxygen atoms in total. The topological polar surface area (TPSA) is 21.3 Å². The number of nitrogens with one attached hydrogen (secondary N) is 1. The van der Waals surface area contributed by atoms with Crippen molar-refractivity contribution in [1.29, 1.82) is 0 Å². The van der Waals surface area contributed by atoms with E-state index in [-0.39, 0.29) is 11.9 Å². The van der Waals surface area contributed by atoms with E-state index in [4.69, 9.17) is 4.74 Å². The molecule has 2 rings (SSSR count). The van der Waals surface area contributed by atoms with Crippen molar-refractivity contribution in [2.24, 2.45) is 0 Å². The molecule has 2 aromatic carbocycles. The second kappa shape index (κ2) is 8.15. The van der Waals surface area contributed by atoms with E-state index in [2.05, 4.69) is 28.2 Å². The lowest BCUT2D eigenvalue weighted by Crippen LogP contribution is -2.36. The van der Waals surface area contributed by atoms with Crippen LogP contribution in [0.25, 0.3) is 0 Å². The Kier molecular flexibility index (Phi) is 6.21. The standard InChI is InChI=1S/C17H19BrFNO/c1-2-20-14(12-21-15-6-4-3-5-7-15)10-13-8-9-17(19)16(18)11-13/h3-9,11,14,20H,2,10,12H2,1H3. The highest BCUT2D eigenvalue weighted by Crippen LogP contribution is 2.18. The lowest BCUT2D eigenvalue weighted by molar-refractivity contribution is 0.265. The van der Waals surface area contributed by atoms with Gasteiger partial charge in [-0.05, 0) is 58.7 Å². The van der Waals surface area contributed by atoms with Crippen molar-refractivity contribution in [2.75, 3.05) is 13.2 Å². The van der Waals surface area contributed by atoms with Gasteiger partial charge in [0.25, 0.3) is 0 Å². The van der Waals surface area contributed by atoms with Crippen LogP contribution >= 0.6 is 15.9 Å². The molecule has 112 valence electrons. The summed E-state index contributed by atoms with van der Waals surface area (Å²) < 4.78 is 19.6. The van der Waals surface area contributed by atoms with E-state index < -0.39 is 0 Å². The van der Waals surface area contributed by atoms with Crippen LogP contribution in [0.1, 0.15) is 12.5 Å². The summed E-state index contributed by atoms with van der Waals surface area (Å²) in [5, 5.41) is 3.40. The Bertz CT molecular complexity index is 562. The first kappa shape index (κ1) is 16.0. The molecule has 0 aliphatic carbocycles. The van der Waals surface area contributed by atoms with Crippen molar-refractivity contribution in [1.82, 2.24) is 5.32 Å². The highest BCUT2D eigenvalue weighted by Gasteiger charge is 2.11. The van der Waals surface area contributed by atoms with Gasteiger partial charge in [-0.25, -0.2) is 4.39 Å². The normalized spacial score (nSPS) is 12.1. The van der Waals surface area contributed by atoms with Crippen LogP contribution in [0, 0.1) is 5.82 Å². The van der Waals surface area contributed by atoms with E-state index in [1.807, 2.05) is 42.5 Å². The molecule has 1 N–H and O–H groups in total. The number of benzene rings is 2. The summed E-state index contributed by atoms with van der Waals surface area (Å²) in [6.45, 7) is 3.51. The van der Waals surface area contributed by atoms with E-state index in [1.165, 1.54) is 6.07 Å². The fraction of sp³-hybridized carbons (Fsp3) is 0.294. The van der Waals surface area contributed by atoms with Gasteiger partial charge in [0, 0.05) is 6.04 Å². The summed E-state index contributed by atoms with van der Waals surface area (Å²) in [7, 11) is 0. The van der Waals surface area contributed by atoms with Gasteiger partial charge < -0.3 is 10.1 Å². The van der Waals surface area contributed by atoms with Crippen LogP contribution in [0.3, 0.4) is 0 Å². The quantitative estimate of drug-likeness (QED) is 0.807. The molecule has 0 radical (unpaired) electrons. The van der Waals surface area contributed by atoms with Gasteiger partial charge >= 0.3 is 0 Å². The van der Waals surface area contributed by atoms with Crippen LogP contribution in [-0.4, -0.2) is 19.2 Å². The highest BCUT2D eigenvalue weighted by molar-refractivity contribution is 9.10. The largest absolute Gasteiger partial charge is 0.492 e. The average molecular weight is 352 g/mol. The van der Waals surface area contributed by atoms with Gasteiger partial charge in [0.1, 0.15) is 18.2 Å². The predicted octanol–water partition coefficient (Wildman–Crippen LogP) is 4.19. The van der Waals surface area contributed by atoms with Crippen LogP contribution in [0.2, 0.25) is 0 Å². The maximum absolute atomic E-state index is 13.3. The number of halogens is 2. The Morgan fingerprint density at radius 2 is 1.95 bits per heavy atom. The molecule has 1 atom stereocenters. The number of ether oxygens (including phenoxy) is 1. The third kappa shape index (κ3) is 5.14. The van der Waals surface area contributed by atoms with E-state index in [0.717, 1.165) is 24.3 Å². The molecular formula is C17H19BrFNO. The van der Waals surface area contributed by atoms with Crippen LogP contribution in [-0.2, 0) is 6.42 Å². The number of hydrogen-bond acceptors (Lipinski definition) is 2. The van der Waals surface area contributed by atoms with E-state index in [0.29, 0.717) is 11.1 Å². The lowest BCUT2D eigenvalue weighted by Gasteiger charge is -2.19. The molecule has 4 heteroatoms. The molecule has 0 bridgehead atoms. The van der Waals surface area contributed by atoms with Gasteiger partial charge in [-0.15, -0.1) is 0 Å². The van der Waals surface area contributed by atoms with Crippen LogP contribution in [0.15, 0.2) is 53.0 Å². The zero-order chi connectivity index (χ0) is 15.1. The Morgan fingerprint density at radius 1 is 1.19 bits per heavy atom. The first-order chi connectivity index (χ1) is 10.2. The number of hydrogen-bond donors (Lipinski definition) is 1. The maximum atomic E-state index is 13.3. The monoisotopic (exact) mass is 351 g/mol. The summed E-state index contributed by atoms with van der Waals surface area (Å²) in [4.78, 5) is 0. The van der Waals surface area contributed by atoms with Gasteiger partial charge in [-0.1, -0.05) is 31.2 Å². The van der Waals surface area contributed by atoms with Gasteiger partial charge in [-0.3, -0.25) is 0 Å². The van der Waals surface area contributed by atoms with Gasteiger partial charge in [0.15, 0.2) is 0 Å². The summed E-state index contributed by atoms with van der Waals surface area (Å²) >= 11 is 3.22. The molecule has 0 aliphatic heterocycles. The first-order valence-corrected chi connectivity index (χ1v) is 7.83. The van der Waals surface area contributed by atoms with E-state index >= 15 is 0 Å². The molecule has 1 unspecified atom stereocenters. The van der Waals surface area contributed by atoms with Crippen molar-refractivity contribution in [2.45, 2.75) is 19.4 Å². The molecular weight excluding hydrogens is 333 g/mol. The van der Waals surface area contributed by atoms with Crippen molar-refractivity contribution in [3.8, 4) is 5.75 Å². The predicted molar refractivity (Wildman–Crippen MR) is 87.2 cm³/mol. The second-order valence-electron chi connectivity index (χ2n) is 4.83. The lowest BCUT2D eigenvalue weighted by atomic mass is 10.1. The minimum Gasteiger partial charge on any atom is -0.492 e. The Balaban J connectivity index is 1.96. The molecule has 0 fully saturated rings. The van der Waals surface area contributed by atoms with Crippen molar-refractivity contribution in [3.63, 3.8) is 0 Å². The van der Waals surface area contributed by atoms with Gasteiger partial charge in [-0.2, -0.15) is 0 Å². The molecule has 0 amide bonds. The summed E-state index contributed by atoms with van der Waals surface area (Å²) in [6.07, 6.45) is 0.791. The fourth-order valence-corrected chi connectivity index (χ4v) is 2.57. The van der Waals surface area contributed by atoms with Crippen LogP contribution in [0.5, 0.6) is 5.75 Å². The molecule has 0 aromatic heterocycles. The zero-order valence-electron chi connectivity index (χ0n) is 12.0. The van der Waals surface area contributed by atoms with Crippen LogP contribution < -0.4 is 10.1 Å². The van der Waals surface area contributed by atoms with Gasteiger partial charge in [0.2, 0.25) is 0 Å². The highest BCUT2D eigenvalue weighted by atomic mass is 79.9. The average Bonchev–Trinajstić information content (AvgIpc) is 2.50. The molecule has 2 aromatic rings. The second-order valence-corrected chi connectivity index (χ2v) is 5.69. The Labute approximate surface area is 133 Å². The third-order valence-electron chi connectivity index (χ3n) is 3.15. The molecule has 0 spiro atoms. The van der Waals surface area contributed by atoms with Gasteiger partial charge in [0.05, 0.1) is 4.47 Å². The number of rotatable bonds is 7. The smallest absolute Gasteiger partial charge is 0.137 e. The summed E-state index contributed by atoms with van der Waals surface area (Å²) in [5.74, 6) is 0.625. The van der Waals surface area contributed by atoms with Crippen LogP contribution in [0.4, 0.5) is 4.39 Å². The first-order valence-electron chi connectivity index (χ1n) is 7.04. The Morgan fingerprint density at radius 3 is 2.62 bits per heavy atom. The molecule has 21 heavy (non-hydrogen) atoms. The fourth-order valence-electron chi connectivity index (χ4n) is 2.14. The minimum absolute atomic E-state index is 0.188. The van der Waals surface area contributed by atoms with E-state index in [9.17, 15) is 4.39 Å². The SMILES string of the molecule is CCNC(COc1ccccc1)Cc1ccc(F)c(Br)c1. The molecule has 0 saturated carbocycles. The number of likely N-dealkylation sites (N-methyl/N-ethyl adjacent to an activating group) is 1. The summed E-state index contributed by atoms with van der Waals surface area (Å²) in [5.41, 5.74) is 1.07. The third-order valence-corrected chi connectivity index (χ3v) is 3.76. The van der Waals surface area contributed by atoms with Crippen molar-refractivity contribution >= 4 is 15.9 Å². The van der Waals surface area contributed by atoms with E-state index in [1.54, 1.807) is 0 Å². The van der Waals surface area contributed by atoms with Crippen molar-refractivity contribution < 1.29 is 9.13 Å². The zero-order valence-corrected chi connectivity index (χ0v) is 13.6. The number of para-hydroxylation sites is 1. The Hall–Kier alpha value is -1.39. The minimum atomic E-state index is -0.237. The van der Waals surface area contributed by atoms with Crippen molar-refractivity contribution in [3.05, 3.63) is 64.4 Å². The summed E-state index contributed by atoms with van der Waals surface area (Å²) in [6, 6.07) is 15.1. The molecule has 0 saturated heterocycles.